The second kappa shape index (κ2) is 8.75. The van der Waals surface area contributed by atoms with E-state index in [0.717, 1.165) is 6.21 Å². The van der Waals surface area contributed by atoms with Gasteiger partial charge in [-0.3, -0.25) is 9.59 Å². The third kappa shape index (κ3) is 4.28. The monoisotopic (exact) mass is 413 g/mol. The third-order valence-electron chi connectivity index (χ3n) is 5.03. The second-order valence-electron chi connectivity index (χ2n) is 7.11. The smallest absolute Gasteiger partial charge is 0.362 e. The highest BCUT2D eigenvalue weighted by Crippen LogP contribution is 2.24. The molecule has 0 bridgehead atoms. The zero-order valence-electron chi connectivity index (χ0n) is 16.6. The Bertz CT molecular complexity index is 1250. The number of carbonyl (C=O) groups excluding carboxylic acids is 2. The van der Waals surface area contributed by atoms with Gasteiger partial charge in [0.05, 0.1) is 11.1 Å². The predicted molar refractivity (Wildman–Crippen MR) is 117 cm³/mol. The van der Waals surface area contributed by atoms with Gasteiger partial charge in [0.2, 0.25) is 0 Å². The molecule has 4 rings (SSSR count). The van der Waals surface area contributed by atoms with Gasteiger partial charge in [-0.05, 0) is 12.5 Å². The summed E-state index contributed by atoms with van der Waals surface area (Å²) >= 11 is 0. The molecule has 0 aliphatic heterocycles. The molecule has 6 nitrogen and oxygen atoms in total. The van der Waals surface area contributed by atoms with E-state index in [-0.39, 0.29) is 22.8 Å². The number of aryl methyl sites for hydroxylation is 1. The van der Waals surface area contributed by atoms with E-state index in [9.17, 15) is 19.5 Å². The van der Waals surface area contributed by atoms with Crippen molar-refractivity contribution in [2.24, 2.45) is 4.99 Å². The Labute approximate surface area is 178 Å². The van der Waals surface area contributed by atoms with Crippen LogP contribution in [0, 0.1) is 0 Å². The fourth-order valence-corrected chi connectivity index (χ4v) is 3.41. The molecule has 31 heavy (non-hydrogen) atoms. The Morgan fingerprint density at radius 3 is 2.26 bits per heavy atom. The number of benzene rings is 2. The Balaban J connectivity index is 1.80. The summed E-state index contributed by atoms with van der Waals surface area (Å²) in [5.74, 6) is -0.464. The minimum absolute atomic E-state index is 0.0825. The van der Waals surface area contributed by atoms with Crippen molar-refractivity contribution in [1.29, 1.82) is 0 Å². The van der Waals surface area contributed by atoms with E-state index in [1.54, 1.807) is 60.7 Å². The Morgan fingerprint density at radius 2 is 1.58 bits per heavy atom. The van der Waals surface area contributed by atoms with E-state index in [2.05, 4.69) is 4.99 Å². The number of aliphatic imine (C=N–C) groups is 1. The minimum Gasteiger partial charge on any atom is -0.506 e. The highest BCUT2D eigenvalue weighted by molar-refractivity contribution is 6.25. The number of aliphatic hydroxyl groups is 1. The fourth-order valence-electron chi connectivity index (χ4n) is 3.41. The average molecular weight is 413 g/mol. The number of fused-ring (bicyclic) bond motifs is 1. The molecule has 2 aromatic carbocycles. The lowest BCUT2D eigenvalue weighted by Crippen LogP contribution is -2.14. The summed E-state index contributed by atoms with van der Waals surface area (Å²) in [6.45, 7) is 0. The maximum absolute atomic E-state index is 13.1. The van der Waals surface area contributed by atoms with E-state index >= 15 is 0 Å². The van der Waals surface area contributed by atoms with Crippen molar-refractivity contribution in [2.75, 3.05) is 0 Å². The molecule has 1 heterocycles. The Morgan fingerprint density at radius 1 is 0.935 bits per heavy atom. The van der Waals surface area contributed by atoms with Gasteiger partial charge < -0.3 is 9.52 Å². The molecule has 0 saturated heterocycles. The molecule has 0 atom stereocenters. The summed E-state index contributed by atoms with van der Waals surface area (Å²) in [4.78, 5) is 41.7. The van der Waals surface area contributed by atoms with Crippen LogP contribution in [0.25, 0.3) is 5.76 Å². The number of hydrogen-bond acceptors (Lipinski definition) is 6. The molecule has 3 aromatic rings. The molecule has 0 radical (unpaired) electrons. The fraction of sp³-hybridized carbons (Fsp3) is 0.120. The van der Waals surface area contributed by atoms with E-state index in [1.807, 2.05) is 0 Å². The van der Waals surface area contributed by atoms with Crippen LogP contribution >= 0.6 is 0 Å². The van der Waals surface area contributed by atoms with Crippen LogP contribution in [0.2, 0.25) is 0 Å². The van der Waals surface area contributed by atoms with Crippen LogP contribution < -0.4 is 5.63 Å². The van der Waals surface area contributed by atoms with Crippen LogP contribution in [-0.2, 0) is 6.42 Å². The Hall–Kier alpha value is -4.06. The van der Waals surface area contributed by atoms with E-state index in [1.165, 1.54) is 6.07 Å². The molecule has 0 fully saturated rings. The van der Waals surface area contributed by atoms with Gasteiger partial charge in [0, 0.05) is 30.2 Å². The molecular weight excluding hydrogens is 394 g/mol. The normalized spacial score (nSPS) is 14.3. The first kappa shape index (κ1) is 20.2. The molecule has 1 N–H and O–H groups in total. The number of hydrogen-bond donors (Lipinski definition) is 1. The summed E-state index contributed by atoms with van der Waals surface area (Å²) in [5, 5.41) is 10.8. The lowest BCUT2D eigenvalue weighted by Gasteiger charge is -2.12. The Kier molecular flexibility index (Phi) is 5.71. The van der Waals surface area contributed by atoms with Crippen molar-refractivity contribution in [2.45, 2.75) is 19.3 Å². The number of carbonyl (C=O) groups is 2. The van der Waals surface area contributed by atoms with Crippen molar-refractivity contribution in [3.05, 3.63) is 105 Å². The number of allylic oxidation sites excluding steroid dienone is 1. The van der Waals surface area contributed by atoms with Gasteiger partial charge in [0.15, 0.2) is 11.6 Å². The molecule has 0 spiro atoms. The van der Waals surface area contributed by atoms with Crippen molar-refractivity contribution in [3.8, 4) is 0 Å². The molecule has 154 valence electrons. The SMILES string of the molecule is O=C(/C(C=Nc1cc2c(oc1=O)CCCC2=O)=C(/O)c1ccccc1)c1ccccc1. The molecule has 0 unspecified atom stereocenters. The minimum atomic E-state index is -0.699. The summed E-state index contributed by atoms with van der Waals surface area (Å²) in [7, 11) is 0. The molecule has 1 aromatic heterocycles. The van der Waals surface area contributed by atoms with Gasteiger partial charge in [0.25, 0.3) is 0 Å². The van der Waals surface area contributed by atoms with Gasteiger partial charge in [-0.25, -0.2) is 9.79 Å². The predicted octanol–water partition coefficient (Wildman–Crippen LogP) is 4.71. The average Bonchev–Trinajstić information content (AvgIpc) is 2.80. The van der Waals surface area contributed by atoms with Crippen LogP contribution in [0.4, 0.5) is 5.69 Å². The first-order valence-corrected chi connectivity index (χ1v) is 9.87. The maximum Gasteiger partial charge on any atom is 0.362 e. The lowest BCUT2D eigenvalue weighted by atomic mass is 9.96. The zero-order valence-corrected chi connectivity index (χ0v) is 16.6. The van der Waals surface area contributed by atoms with Crippen LogP contribution in [0.15, 0.2) is 86.5 Å². The van der Waals surface area contributed by atoms with E-state index in [0.29, 0.717) is 41.7 Å². The summed E-state index contributed by atoms with van der Waals surface area (Å²) in [5.41, 5.74) is 0.245. The standard InChI is InChI=1S/C25H19NO5/c27-21-12-7-13-22-18(21)14-20(25(30)31-22)26-15-19(23(28)16-8-3-1-4-9-16)24(29)17-10-5-2-6-11-17/h1-6,8-11,14-15,28H,7,12-13H2/b23-19+,26-15?. The third-order valence-corrected chi connectivity index (χ3v) is 5.03. The molecule has 0 saturated carbocycles. The number of Topliss-reactive ketones (excluding diaryl/α,β-unsaturated/α-hetero) is 2. The van der Waals surface area contributed by atoms with Crippen LogP contribution in [0.3, 0.4) is 0 Å². The molecule has 1 aliphatic rings. The van der Waals surface area contributed by atoms with Crippen LogP contribution in [0.5, 0.6) is 0 Å². The zero-order chi connectivity index (χ0) is 21.8. The maximum atomic E-state index is 13.1. The first-order valence-electron chi connectivity index (χ1n) is 9.87. The van der Waals surface area contributed by atoms with Gasteiger partial charge in [-0.2, -0.15) is 0 Å². The van der Waals surface area contributed by atoms with Gasteiger partial charge in [-0.1, -0.05) is 60.7 Å². The molecular formula is C25H19NO5. The summed E-state index contributed by atoms with van der Waals surface area (Å²) in [6, 6.07) is 18.4. The molecule has 0 amide bonds. The summed E-state index contributed by atoms with van der Waals surface area (Å²) < 4.78 is 5.27. The van der Waals surface area contributed by atoms with Crippen LogP contribution in [-0.4, -0.2) is 22.9 Å². The largest absolute Gasteiger partial charge is 0.506 e. The van der Waals surface area contributed by atoms with Gasteiger partial charge in [0.1, 0.15) is 17.2 Å². The number of rotatable bonds is 5. The van der Waals surface area contributed by atoms with E-state index < -0.39 is 11.4 Å². The topological polar surface area (TPSA) is 96.9 Å². The van der Waals surface area contributed by atoms with Crippen molar-refractivity contribution >= 4 is 29.2 Å². The first-order chi connectivity index (χ1) is 15.0. The highest BCUT2D eigenvalue weighted by Gasteiger charge is 2.22. The van der Waals surface area contributed by atoms with Crippen molar-refractivity contribution < 1.29 is 19.1 Å². The highest BCUT2D eigenvalue weighted by atomic mass is 16.4. The van der Waals surface area contributed by atoms with Crippen molar-refractivity contribution in [3.63, 3.8) is 0 Å². The van der Waals surface area contributed by atoms with E-state index in [4.69, 9.17) is 4.42 Å². The lowest BCUT2D eigenvalue weighted by molar-refractivity contribution is 0.0965. The van der Waals surface area contributed by atoms with Crippen molar-refractivity contribution in [1.82, 2.24) is 0 Å². The number of aliphatic hydroxyl groups excluding tert-OH is 1. The number of nitrogens with zero attached hydrogens (tertiary/aromatic N) is 1. The van der Waals surface area contributed by atoms with Gasteiger partial charge >= 0.3 is 5.63 Å². The summed E-state index contributed by atoms with van der Waals surface area (Å²) in [6.07, 6.45) is 2.69. The molecule has 1 aliphatic carbocycles. The quantitative estimate of drug-likeness (QED) is 0.283. The molecule has 6 heteroatoms. The number of ketones is 2. The second-order valence-corrected chi connectivity index (χ2v) is 7.11. The van der Waals surface area contributed by atoms with Gasteiger partial charge in [-0.15, -0.1) is 0 Å². The van der Waals surface area contributed by atoms with Crippen LogP contribution in [0.1, 0.15) is 44.9 Å².